The zero-order chi connectivity index (χ0) is 11.4. The van der Waals surface area contributed by atoms with Crippen LogP contribution in [-0.4, -0.2) is 4.83 Å². The van der Waals surface area contributed by atoms with Crippen LogP contribution in [0.15, 0.2) is 18.2 Å². The second-order valence-electron chi connectivity index (χ2n) is 4.42. The number of alkyl halides is 1. The van der Waals surface area contributed by atoms with Crippen LogP contribution in [0.1, 0.15) is 31.4 Å². The van der Waals surface area contributed by atoms with Crippen molar-refractivity contribution < 1.29 is 0 Å². The van der Waals surface area contributed by atoms with Gasteiger partial charge in [-0.3, -0.25) is 0 Å². The first kappa shape index (κ1) is 13.1. The molecule has 15 heavy (non-hydrogen) atoms. The van der Waals surface area contributed by atoms with Crippen molar-refractivity contribution >= 4 is 27.5 Å². The molecule has 0 aromatic heterocycles. The fraction of sp³-hybridized carbons (Fsp3) is 0.538. The first-order valence-electron chi connectivity index (χ1n) is 5.38. The number of aryl methyl sites for hydroxylation is 1. The average molecular weight is 290 g/mol. The lowest BCUT2D eigenvalue weighted by atomic mass is 9.96. The van der Waals surface area contributed by atoms with Gasteiger partial charge >= 0.3 is 0 Å². The van der Waals surface area contributed by atoms with Gasteiger partial charge in [0.25, 0.3) is 0 Å². The number of hydrogen-bond donors (Lipinski definition) is 0. The van der Waals surface area contributed by atoms with Gasteiger partial charge in [-0.1, -0.05) is 53.5 Å². The largest absolute Gasteiger partial charge is 0.0894 e. The fourth-order valence-corrected chi connectivity index (χ4v) is 2.78. The third kappa shape index (κ3) is 4.56. The van der Waals surface area contributed by atoms with Crippen molar-refractivity contribution in [3.05, 3.63) is 34.3 Å². The standard InChI is InChI=1S/C13H18BrCl/c1-9-4-5-12(13(15)8-9)7-10(2)6-11(3)14/h4-5,8,10-11H,6-7H2,1-3H3. The molecule has 2 unspecified atom stereocenters. The summed E-state index contributed by atoms with van der Waals surface area (Å²) < 4.78 is 0. The van der Waals surface area contributed by atoms with Gasteiger partial charge in [-0.2, -0.15) is 0 Å². The van der Waals surface area contributed by atoms with Crippen LogP contribution in [0.5, 0.6) is 0 Å². The minimum absolute atomic E-state index is 0.580. The van der Waals surface area contributed by atoms with Gasteiger partial charge in [0.05, 0.1) is 0 Å². The molecule has 0 fully saturated rings. The highest BCUT2D eigenvalue weighted by atomic mass is 79.9. The molecule has 0 aliphatic carbocycles. The number of halogens is 2. The quantitative estimate of drug-likeness (QED) is 0.684. The van der Waals surface area contributed by atoms with E-state index in [2.05, 4.69) is 48.8 Å². The Hall–Kier alpha value is -0.0100. The SMILES string of the molecule is Cc1ccc(CC(C)CC(C)Br)c(Cl)c1. The Kier molecular flexibility index (Phi) is 5.14. The van der Waals surface area contributed by atoms with Crippen molar-refractivity contribution in [3.63, 3.8) is 0 Å². The van der Waals surface area contributed by atoms with Crippen LogP contribution >= 0.6 is 27.5 Å². The highest BCUT2D eigenvalue weighted by molar-refractivity contribution is 9.09. The Morgan fingerprint density at radius 1 is 1.33 bits per heavy atom. The molecule has 0 spiro atoms. The van der Waals surface area contributed by atoms with Gasteiger partial charge in [0.2, 0.25) is 0 Å². The molecule has 0 aliphatic heterocycles. The van der Waals surface area contributed by atoms with Crippen molar-refractivity contribution in [1.29, 1.82) is 0 Å². The van der Waals surface area contributed by atoms with Gasteiger partial charge in [-0.15, -0.1) is 0 Å². The molecule has 1 rings (SSSR count). The van der Waals surface area contributed by atoms with Crippen molar-refractivity contribution in [2.24, 2.45) is 5.92 Å². The Morgan fingerprint density at radius 3 is 2.53 bits per heavy atom. The number of hydrogen-bond acceptors (Lipinski definition) is 0. The van der Waals surface area contributed by atoms with Gasteiger partial charge in [-0.05, 0) is 42.9 Å². The smallest absolute Gasteiger partial charge is 0.0440 e. The first-order chi connectivity index (χ1) is 6.99. The summed E-state index contributed by atoms with van der Waals surface area (Å²) in [6.45, 7) is 6.53. The van der Waals surface area contributed by atoms with Gasteiger partial charge in [0, 0.05) is 9.85 Å². The second kappa shape index (κ2) is 5.91. The molecule has 2 atom stereocenters. The van der Waals surface area contributed by atoms with E-state index in [0.717, 1.165) is 11.4 Å². The molecule has 1 aromatic rings. The number of benzene rings is 1. The van der Waals surface area contributed by atoms with E-state index in [1.165, 1.54) is 17.5 Å². The van der Waals surface area contributed by atoms with E-state index < -0.39 is 0 Å². The van der Waals surface area contributed by atoms with Crippen molar-refractivity contribution in [3.8, 4) is 0 Å². The molecule has 0 saturated carbocycles. The minimum Gasteiger partial charge on any atom is -0.0894 e. The van der Waals surface area contributed by atoms with E-state index in [1.54, 1.807) is 0 Å². The summed E-state index contributed by atoms with van der Waals surface area (Å²) in [4.78, 5) is 0.580. The maximum absolute atomic E-state index is 6.20. The topological polar surface area (TPSA) is 0 Å². The van der Waals surface area contributed by atoms with Crippen molar-refractivity contribution in [1.82, 2.24) is 0 Å². The van der Waals surface area contributed by atoms with E-state index >= 15 is 0 Å². The summed E-state index contributed by atoms with van der Waals surface area (Å²) in [5.74, 6) is 0.666. The Bertz CT molecular complexity index is 320. The highest BCUT2D eigenvalue weighted by Crippen LogP contribution is 2.23. The molecular weight excluding hydrogens is 272 g/mol. The normalized spacial score (nSPS) is 15.0. The third-order valence-corrected chi connectivity index (χ3v) is 3.23. The van der Waals surface area contributed by atoms with Crippen molar-refractivity contribution in [2.75, 3.05) is 0 Å². The van der Waals surface area contributed by atoms with Gasteiger partial charge < -0.3 is 0 Å². The Labute approximate surface area is 106 Å². The molecule has 84 valence electrons. The molecule has 0 bridgehead atoms. The monoisotopic (exact) mass is 288 g/mol. The average Bonchev–Trinajstić information content (AvgIpc) is 2.08. The van der Waals surface area contributed by atoms with Crippen LogP contribution in [0.3, 0.4) is 0 Å². The van der Waals surface area contributed by atoms with Gasteiger partial charge in [0.1, 0.15) is 0 Å². The molecular formula is C13H18BrCl. The van der Waals surface area contributed by atoms with Crippen LogP contribution in [0.25, 0.3) is 0 Å². The summed E-state index contributed by atoms with van der Waals surface area (Å²) in [6.07, 6.45) is 2.25. The summed E-state index contributed by atoms with van der Waals surface area (Å²) in [6, 6.07) is 6.32. The Morgan fingerprint density at radius 2 is 2.00 bits per heavy atom. The molecule has 0 aliphatic rings. The third-order valence-electron chi connectivity index (χ3n) is 2.50. The summed E-state index contributed by atoms with van der Waals surface area (Å²) in [7, 11) is 0. The van der Waals surface area contributed by atoms with E-state index in [1.807, 2.05) is 6.07 Å². The predicted molar refractivity (Wildman–Crippen MR) is 72.1 cm³/mol. The van der Waals surface area contributed by atoms with Crippen molar-refractivity contribution in [2.45, 2.75) is 38.4 Å². The molecule has 0 amide bonds. The highest BCUT2D eigenvalue weighted by Gasteiger charge is 2.09. The molecule has 0 radical (unpaired) electrons. The molecule has 0 N–H and O–H groups in total. The molecule has 0 saturated heterocycles. The molecule has 2 heteroatoms. The minimum atomic E-state index is 0.580. The lowest BCUT2D eigenvalue weighted by molar-refractivity contribution is 0.533. The first-order valence-corrected chi connectivity index (χ1v) is 6.67. The van der Waals surface area contributed by atoms with Crippen LogP contribution < -0.4 is 0 Å². The van der Waals surface area contributed by atoms with Crippen LogP contribution in [0.2, 0.25) is 5.02 Å². The second-order valence-corrected chi connectivity index (χ2v) is 6.39. The van der Waals surface area contributed by atoms with Crippen LogP contribution in [0.4, 0.5) is 0 Å². The van der Waals surface area contributed by atoms with Crippen LogP contribution in [-0.2, 0) is 6.42 Å². The van der Waals surface area contributed by atoms with Gasteiger partial charge in [-0.25, -0.2) is 0 Å². The van der Waals surface area contributed by atoms with E-state index in [4.69, 9.17) is 11.6 Å². The number of rotatable bonds is 4. The lowest BCUT2D eigenvalue weighted by Crippen LogP contribution is -2.05. The molecule has 0 nitrogen and oxygen atoms in total. The maximum Gasteiger partial charge on any atom is 0.0440 e. The fourth-order valence-electron chi connectivity index (χ4n) is 1.83. The maximum atomic E-state index is 6.20. The van der Waals surface area contributed by atoms with E-state index in [0.29, 0.717) is 10.7 Å². The summed E-state index contributed by atoms with van der Waals surface area (Å²) in [5, 5.41) is 0.907. The zero-order valence-corrected chi connectivity index (χ0v) is 11.9. The lowest BCUT2D eigenvalue weighted by Gasteiger charge is -2.14. The van der Waals surface area contributed by atoms with Crippen LogP contribution in [0, 0.1) is 12.8 Å². The zero-order valence-electron chi connectivity index (χ0n) is 9.56. The summed E-state index contributed by atoms with van der Waals surface area (Å²) >= 11 is 9.78. The summed E-state index contributed by atoms with van der Waals surface area (Å²) in [5.41, 5.74) is 2.49. The molecule has 1 aromatic carbocycles. The Balaban J connectivity index is 2.64. The molecule has 0 heterocycles. The van der Waals surface area contributed by atoms with Gasteiger partial charge in [0.15, 0.2) is 0 Å². The van der Waals surface area contributed by atoms with E-state index in [-0.39, 0.29) is 0 Å². The van der Waals surface area contributed by atoms with E-state index in [9.17, 15) is 0 Å². The predicted octanol–water partition coefficient (Wildman–Crippen LogP) is 5.00.